The number of halogens is 1. The zero-order valence-electron chi connectivity index (χ0n) is 14.2. The summed E-state index contributed by atoms with van der Waals surface area (Å²) >= 11 is 6.02. The largest absolute Gasteiger partial charge is 1.00 e. The zero-order chi connectivity index (χ0) is 17.8. The smallest absolute Gasteiger partial charge is 0.546 e. The Morgan fingerprint density at radius 1 is 1.23 bits per heavy atom. The third-order valence-corrected chi connectivity index (χ3v) is 4.22. The van der Waals surface area contributed by atoms with Gasteiger partial charge in [0.05, 0.1) is 11.7 Å². The van der Waals surface area contributed by atoms with Gasteiger partial charge in [0.2, 0.25) is 0 Å². The van der Waals surface area contributed by atoms with Crippen LogP contribution in [-0.2, 0) is 22.6 Å². The third kappa shape index (κ3) is 4.73. The molecule has 0 aliphatic carbocycles. The predicted octanol–water partition coefficient (Wildman–Crippen LogP) is -0.464. The molecule has 0 fully saturated rings. The van der Waals surface area contributed by atoms with Crippen molar-refractivity contribution in [3.05, 3.63) is 58.6 Å². The van der Waals surface area contributed by atoms with E-state index >= 15 is 0 Å². The van der Waals surface area contributed by atoms with Crippen molar-refractivity contribution in [3.63, 3.8) is 0 Å². The number of aryl methyl sites for hydroxylation is 1. The molecule has 3 rings (SSSR count). The quantitative estimate of drug-likeness (QED) is 0.739. The second-order valence-electron chi connectivity index (χ2n) is 5.55. The molecule has 1 amide bonds. The van der Waals surface area contributed by atoms with E-state index in [4.69, 9.17) is 21.1 Å². The first kappa shape index (κ1) is 20.2. The molecule has 8 heteroatoms. The van der Waals surface area contributed by atoms with E-state index in [9.17, 15) is 14.7 Å². The summed E-state index contributed by atoms with van der Waals surface area (Å²) in [6.07, 6.45) is -0.865. The average molecular weight is 368 g/mol. The molecule has 1 N–H and O–H groups in total. The molecule has 1 aliphatic heterocycles. The number of nitrogens with one attached hydrogen (secondary N) is 1. The fourth-order valence-corrected chi connectivity index (χ4v) is 2.77. The molecule has 130 valence electrons. The van der Waals surface area contributed by atoms with Crippen molar-refractivity contribution in [2.75, 3.05) is 5.32 Å². The number of para-hydroxylation sites is 1. The van der Waals surface area contributed by atoms with Crippen LogP contribution in [0, 0.1) is 0 Å². The van der Waals surface area contributed by atoms with E-state index in [-0.39, 0.29) is 25.5 Å². The van der Waals surface area contributed by atoms with Gasteiger partial charge in [0, 0.05) is 10.6 Å². The molecule has 1 atom stereocenters. The second kappa shape index (κ2) is 8.99. The van der Waals surface area contributed by atoms with Gasteiger partial charge in [-0.1, -0.05) is 41.9 Å². The van der Waals surface area contributed by atoms with E-state index in [1.165, 1.54) is 0 Å². The van der Waals surface area contributed by atoms with Gasteiger partial charge >= 0.3 is 25.0 Å². The van der Waals surface area contributed by atoms with Crippen LogP contribution in [0.25, 0.3) is 0 Å². The SMILES string of the molecule is O=C(Nc1cccc2c1OC(C(=O)[O-])CC2)OCc1ccccc1Cl.[Li+]. The van der Waals surface area contributed by atoms with E-state index in [0.29, 0.717) is 34.9 Å². The van der Waals surface area contributed by atoms with Crippen LogP contribution in [0.3, 0.4) is 0 Å². The standard InChI is InChI=1S/C18H16ClNO5.Li/c19-13-6-2-1-4-12(13)10-24-18(23)20-14-7-3-5-11-8-9-15(17(21)22)25-16(11)14;/h1-7,15H,8-10H2,(H,20,23)(H,21,22);/q;+1/p-1. The summed E-state index contributed by atoms with van der Waals surface area (Å²) in [5.41, 5.74) is 1.86. The predicted molar refractivity (Wildman–Crippen MR) is 89.4 cm³/mol. The fourth-order valence-electron chi connectivity index (χ4n) is 2.58. The minimum absolute atomic E-state index is 0. The number of carbonyl (C=O) groups is 2. The van der Waals surface area contributed by atoms with Gasteiger partial charge in [0.25, 0.3) is 0 Å². The monoisotopic (exact) mass is 367 g/mol. The van der Waals surface area contributed by atoms with Crippen molar-refractivity contribution in [3.8, 4) is 5.75 Å². The van der Waals surface area contributed by atoms with Crippen molar-refractivity contribution in [1.29, 1.82) is 0 Å². The Balaban J connectivity index is 0.00000243. The molecule has 26 heavy (non-hydrogen) atoms. The van der Waals surface area contributed by atoms with Crippen LogP contribution in [0.2, 0.25) is 5.02 Å². The van der Waals surface area contributed by atoms with Crippen LogP contribution in [0.15, 0.2) is 42.5 Å². The van der Waals surface area contributed by atoms with E-state index < -0.39 is 18.2 Å². The van der Waals surface area contributed by atoms with Crippen molar-refractivity contribution in [2.45, 2.75) is 25.6 Å². The summed E-state index contributed by atoms with van der Waals surface area (Å²) in [7, 11) is 0. The summed E-state index contributed by atoms with van der Waals surface area (Å²) in [4.78, 5) is 23.1. The third-order valence-electron chi connectivity index (χ3n) is 3.85. The topological polar surface area (TPSA) is 87.7 Å². The average Bonchev–Trinajstić information content (AvgIpc) is 2.61. The Bertz CT molecular complexity index is 814. The summed E-state index contributed by atoms with van der Waals surface area (Å²) in [5, 5.41) is 14.1. The number of hydrogen-bond acceptors (Lipinski definition) is 5. The fraction of sp³-hybridized carbons (Fsp3) is 0.222. The first-order valence-electron chi connectivity index (χ1n) is 7.71. The van der Waals surface area contributed by atoms with Gasteiger partial charge in [0.1, 0.15) is 18.5 Å². The van der Waals surface area contributed by atoms with Crippen LogP contribution in [0.5, 0.6) is 5.75 Å². The summed E-state index contributed by atoms with van der Waals surface area (Å²) in [6.45, 7) is 0.0169. The minimum Gasteiger partial charge on any atom is -0.546 e. The van der Waals surface area contributed by atoms with Crippen LogP contribution >= 0.6 is 11.6 Å². The number of carbonyl (C=O) groups excluding carboxylic acids is 2. The number of aliphatic carboxylic acids is 1. The summed E-state index contributed by atoms with van der Waals surface area (Å²) in [6, 6.07) is 12.2. The molecule has 6 nitrogen and oxygen atoms in total. The summed E-state index contributed by atoms with van der Waals surface area (Å²) < 4.78 is 10.6. The van der Waals surface area contributed by atoms with E-state index in [1.54, 1.807) is 36.4 Å². The maximum absolute atomic E-state index is 12.0. The Labute approximate surface area is 167 Å². The van der Waals surface area contributed by atoms with E-state index in [2.05, 4.69) is 5.32 Å². The molecule has 0 spiro atoms. The number of rotatable bonds is 4. The van der Waals surface area contributed by atoms with Gasteiger partial charge in [-0.3, -0.25) is 5.32 Å². The summed E-state index contributed by atoms with van der Waals surface area (Å²) in [5.74, 6) is -0.945. The maximum atomic E-state index is 12.0. The number of hydrogen-bond donors (Lipinski definition) is 1. The van der Waals surface area contributed by atoms with Gasteiger partial charge < -0.3 is 19.4 Å². The van der Waals surface area contributed by atoms with Crippen molar-refractivity contribution >= 4 is 29.4 Å². The van der Waals surface area contributed by atoms with Crippen molar-refractivity contribution in [2.24, 2.45) is 0 Å². The molecule has 0 bridgehead atoms. The molecule has 0 saturated heterocycles. The number of carboxylic acids is 1. The number of carboxylic acid groups (broad SMARTS) is 1. The Morgan fingerprint density at radius 2 is 2.00 bits per heavy atom. The molecule has 0 aromatic heterocycles. The number of fused-ring (bicyclic) bond motifs is 1. The van der Waals surface area contributed by atoms with E-state index in [1.807, 2.05) is 6.07 Å². The minimum atomic E-state index is -1.28. The first-order valence-corrected chi connectivity index (χ1v) is 8.09. The maximum Gasteiger partial charge on any atom is 1.00 e. The zero-order valence-corrected chi connectivity index (χ0v) is 14.9. The van der Waals surface area contributed by atoms with Crippen LogP contribution < -0.4 is 34.0 Å². The van der Waals surface area contributed by atoms with Gasteiger partial charge in [-0.15, -0.1) is 0 Å². The molecule has 2 aromatic rings. The molecule has 2 aromatic carbocycles. The van der Waals surface area contributed by atoms with Crippen LogP contribution in [0.1, 0.15) is 17.5 Å². The molecular weight excluding hydrogens is 353 g/mol. The number of benzene rings is 2. The first-order chi connectivity index (χ1) is 12.0. The van der Waals surface area contributed by atoms with Crippen LogP contribution in [0.4, 0.5) is 10.5 Å². The second-order valence-corrected chi connectivity index (χ2v) is 5.96. The Hall–Kier alpha value is -2.13. The van der Waals surface area contributed by atoms with Gasteiger partial charge in [0.15, 0.2) is 0 Å². The number of amides is 1. The molecule has 1 unspecified atom stereocenters. The molecule has 1 aliphatic rings. The Kier molecular flexibility index (Phi) is 6.98. The van der Waals surface area contributed by atoms with Gasteiger partial charge in [-0.25, -0.2) is 4.79 Å². The normalized spacial score (nSPS) is 15.0. The number of anilines is 1. The van der Waals surface area contributed by atoms with E-state index in [0.717, 1.165) is 5.56 Å². The Morgan fingerprint density at radius 3 is 2.73 bits per heavy atom. The number of ether oxygens (including phenoxy) is 2. The molecule has 0 saturated carbocycles. The van der Waals surface area contributed by atoms with Crippen molar-refractivity contribution < 1.29 is 43.0 Å². The molecular formula is C18H15ClLiNO5. The van der Waals surface area contributed by atoms with Crippen molar-refractivity contribution in [1.82, 2.24) is 0 Å². The van der Waals surface area contributed by atoms with Gasteiger partial charge in [-0.2, -0.15) is 0 Å². The molecule has 0 radical (unpaired) electrons. The molecule has 1 heterocycles. The van der Waals surface area contributed by atoms with Crippen LogP contribution in [-0.4, -0.2) is 18.2 Å². The van der Waals surface area contributed by atoms with Gasteiger partial charge in [-0.05, 0) is 30.5 Å².